The number of hydrogen-bond donors (Lipinski definition) is 0. The van der Waals surface area contributed by atoms with Crippen LogP contribution >= 0.6 is 0 Å². The second-order valence-electron chi connectivity index (χ2n) is 7.50. The van der Waals surface area contributed by atoms with E-state index in [0.29, 0.717) is 12.7 Å². The van der Waals surface area contributed by atoms with Crippen molar-refractivity contribution < 1.29 is 9.47 Å². The molecule has 136 valence electrons. The maximum absolute atomic E-state index is 6.43. The van der Waals surface area contributed by atoms with Gasteiger partial charge in [-0.25, -0.2) is 0 Å². The summed E-state index contributed by atoms with van der Waals surface area (Å²) < 4.78 is 12.6. The molecule has 27 heavy (non-hydrogen) atoms. The summed E-state index contributed by atoms with van der Waals surface area (Å²) in [5, 5.41) is 0. The molecule has 0 saturated heterocycles. The third kappa shape index (κ3) is 3.47. The predicted octanol–water partition coefficient (Wildman–Crippen LogP) is 5.50. The van der Waals surface area contributed by atoms with Crippen molar-refractivity contribution in [3.63, 3.8) is 0 Å². The first-order valence-corrected chi connectivity index (χ1v) is 9.72. The minimum Gasteiger partial charge on any atom is -0.490 e. The number of pyridine rings is 1. The van der Waals surface area contributed by atoms with Crippen molar-refractivity contribution >= 4 is 0 Å². The van der Waals surface area contributed by atoms with Gasteiger partial charge in [-0.1, -0.05) is 48.5 Å². The zero-order chi connectivity index (χ0) is 18.1. The number of aromatic nitrogens is 1. The zero-order valence-corrected chi connectivity index (χ0v) is 15.3. The average molecular weight is 357 g/mol. The molecule has 3 nitrogen and oxygen atoms in total. The van der Waals surface area contributed by atoms with E-state index in [1.165, 1.54) is 16.7 Å². The van der Waals surface area contributed by atoms with Gasteiger partial charge in [0.05, 0.1) is 18.3 Å². The molecule has 0 aliphatic heterocycles. The average Bonchev–Trinajstić information content (AvgIpc) is 3.65. The van der Waals surface area contributed by atoms with Gasteiger partial charge in [0.15, 0.2) is 0 Å². The fourth-order valence-electron chi connectivity index (χ4n) is 3.55. The van der Waals surface area contributed by atoms with Gasteiger partial charge < -0.3 is 9.47 Å². The molecule has 1 heterocycles. The molecule has 0 radical (unpaired) electrons. The highest BCUT2D eigenvalue weighted by Crippen LogP contribution is 2.53. The molecule has 0 spiro atoms. The van der Waals surface area contributed by atoms with Crippen LogP contribution in [0, 0.1) is 0 Å². The number of nitrogens with zero attached hydrogens (tertiary/aromatic N) is 1. The van der Waals surface area contributed by atoms with Gasteiger partial charge in [0.25, 0.3) is 0 Å². The van der Waals surface area contributed by atoms with Crippen LogP contribution in [0.2, 0.25) is 0 Å². The van der Waals surface area contributed by atoms with E-state index in [1.807, 2.05) is 24.5 Å². The van der Waals surface area contributed by atoms with Gasteiger partial charge in [-0.05, 0) is 48.9 Å². The van der Waals surface area contributed by atoms with Crippen LogP contribution in [-0.4, -0.2) is 11.1 Å². The molecule has 0 atom stereocenters. The van der Waals surface area contributed by atoms with Crippen LogP contribution in [-0.2, 0) is 16.9 Å². The van der Waals surface area contributed by atoms with E-state index in [4.69, 9.17) is 9.47 Å². The monoisotopic (exact) mass is 357 g/mol. The summed E-state index contributed by atoms with van der Waals surface area (Å²) in [6.07, 6.45) is 8.58. The first-order valence-electron chi connectivity index (χ1n) is 9.72. The van der Waals surface area contributed by atoms with Crippen molar-refractivity contribution in [2.45, 2.75) is 44.0 Å². The summed E-state index contributed by atoms with van der Waals surface area (Å²) in [5.74, 6) is 0.964. The summed E-state index contributed by atoms with van der Waals surface area (Å²) in [4.78, 5) is 4.41. The quantitative estimate of drug-likeness (QED) is 0.560. The van der Waals surface area contributed by atoms with Gasteiger partial charge in [-0.3, -0.25) is 4.98 Å². The summed E-state index contributed by atoms with van der Waals surface area (Å²) >= 11 is 0. The van der Waals surface area contributed by atoms with Gasteiger partial charge >= 0.3 is 0 Å². The Morgan fingerprint density at radius 3 is 2.44 bits per heavy atom. The second kappa shape index (κ2) is 6.82. The van der Waals surface area contributed by atoms with Crippen molar-refractivity contribution in [2.75, 3.05) is 0 Å². The van der Waals surface area contributed by atoms with Gasteiger partial charge in [-0.2, -0.15) is 0 Å². The molecular formula is C24H23NO2. The molecular weight excluding hydrogens is 334 g/mol. The van der Waals surface area contributed by atoms with E-state index in [1.54, 1.807) is 0 Å². The Morgan fingerprint density at radius 2 is 1.67 bits per heavy atom. The lowest BCUT2D eigenvalue weighted by atomic mass is 9.96. The topological polar surface area (TPSA) is 31.4 Å². The number of para-hydroxylation sites is 1. The number of hydrogen-bond acceptors (Lipinski definition) is 3. The highest BCUT2D eigenvalue weighted by Gasteiger charge is 2.47. The highest BCUT2D eigenvalue weighted by molar-refractivity contribution is 5.74. The van der Waals surface area contributed by atoms with Crippen molar-refractivity contribution in [3.05, 3.63) is 84.2 Å². The maximum Gasteiger partial charge on any atom is 0.127 e. The molecule has 0 bridgehead atoms. The number of ether oxygens (including phenoxy) is 2. The van der Waals surface area contributed by atoms with Gasteiger partial charge in [0.2, 0.25) is 0 Å². The van der Waals surface area contributed by atoms with E-state index in [2.05, 4.69) is 53.5 Å². The number of benzene rings is 2. The van der Waals surface area contributed by atoms with Crippen molar-refractivity contribution in [3.8, 4) is 16.9 Å². The Hall–Kier alpha value is -2.65. The SMILES string of the molecule is c1ccc(COC2(c3cnccc3-c3ccccc3OC3CC3)CC2)cc1. The minimum absolute atomic E-state index is 0.230. The Morgan fingerprint density at radius 1 is 0.889 bits per heavy atom. The standard InChI is InChI=1S/C24H23NO2/c1-2-6-18(7-3-1)17-26-24(13-14-24)22-16-25-15-12-20(22)21-8-4-5-9-23(21)27-19-10-11-19/h1-9,12,15-16,19H,10-11,13-14,17H2. The van der Waals surface area contributed by atoms with Gasteiger partial charge in [0, 0.05) is 23.5 Å². The van der Waals surface area contributed by atoms with Crippen LogP contribution < -0.4 is 4.74 Å². The Balaban J connectivity index is 1.46. The van der Waals surface area contributed by atoms with Crippen LogP contribution in [0.4, 0.5) is 0 Å². The predicted molar refractivity (Wildman–Crippen MR) is 105 cm³/mol. The smallest absolute Gasteiger partial charge is 0.127 e. The summed E-state index contributed by atoms with van der Waals surface area (Å²) in [6, 6.07) is 20.8. The lowest BCUT2D eigenvalue weighted by Crippen LogP contribution is -2.14. The third-order valence-corrected chi connectivity index (χ3v) is 5.37. The molecule has 0 N–H and O–H groups in total. The lowest BCUT2D eigenvalue weighted by Gasteiger charge is -2.21. The van der Waals surface area contributed by atoms with Crippen LogP contribution in [0.3, 0.4) is 0 Å². The minimum atomic E-state index is -0.230. The first kappa shape index (κ1) is 16.5. The fraction of sp³-hybridized carbons (Fsp3) is 0.292. The van der Waals surface area contributed by atoms with Crippen molar-refractivity contribution in [2.24, 2.45) is 0 Å². The molecule has 2 aliphatic rings. The Bertz CT molecular complexity index is 930. The normalized spacial score (nSPS) is 17.5. The zero-order valence-electron chi connectivity index (χ0n) is 15.3. The van der Waals surface area contributed by atoms with Crippen LogP contribution in [0.5, 0.6) is 5.75 Å². The maximum atomic E-state index is 6.43. The van der Waals surface area contributed by atoms with E-state index in [9.17, 15) is 0 Å². The third-order valence-electron chi connectivity index (χ3n) is 5.37. The fourth-order valence-corrected chi connectivity index (χ4v) is 3.55. The Labute approximate surface area is 160 Å². The molecule has 2 aromatic carbocycles. The molecule has 0 amide bonds. The molecule has 3 aromatic rings. The largest absolute Gasteiger partial charge is 0.490 e. The van der Waals surface area contributed by atoms with E-state index in [0.717, 1.165) is 37.0 Å². The van der Waals surface area contributed by atoms with E-state index < -0.39 is 0 Å². The van der Waals surface area contributed by atoms with Crippen LogP contribution in [0.1, 0.15) is 36.8 Å². The van der Waals surface area contributed by atoms with Crippen molar-refractivity contribution in [1.82, 2.24) is 4.98 Å². The molecule has 2 fully saturated rings. The van der Waals surface area contributed by atoms with Gasteiger partial charge in [-0.15, -0.1) is 0 Å². The Kier molecular flexibility index (Phi) is 4.17. The van der Waals surface area contributed by atoms with E-state index in [-0.39, 0.29) is 5.60 Å². The second-order valence-corrected chi connectivity index (χ2v) is 7.50. The van der Waals surface area contributed by atoms with E-state index >= 15 is 0 Å². The first-order chi connectivity index (χ1) is 13.3. The summed E-state index contributed by atoms with van der Waals surface area (Å²) in [5.41, 5.74) is 4.45. The summed E-state index contributed by atoms with van der Waals surface area (Å²) in [7, 11) is 0. The molecule has 2 aliphatic carbocycles. The summed E-state index contributed by atoms with van der Waals surface area (Å²) in [6.45, 7) is 0.620. The lowest BCUT2D eigenvalue weighted by molar-refractivity contribution is 0.0173. The van der Waals surface area contributed by atoms with Crippen LogP contribution in [0.15, 0.2) is 73.1 Å². The molecule has 5 rings (SSSR count). The molecule has 0 unspecified atom stereocenters. The van der Waals surface area contributed by atoms with Gasteiger partial charge in [0.1, 0.15) is 5.75 Å². The molecule has 3 heteroatoms. The van der Waals surface area contributed by atoms with Crippen molar-refractivity contribution in [1.29, 1.82) is 0 Å². The number of rotatable bonds is 7. The molecule has 2 saturated carbocycles. The molecule has 1 aromatic heterocycles. The van der Waals surface area contributed by atoms with Crippen LogP contribution in [0.25, 0.3) is 11.1 Å². The highest BCUT2D eigenvalue weighted by atomic mass is 16.5.